The number of hydrogen-bond acceptors (Lipinski definition) is 6. The van der Waals surface area contributed by atoms with Crippen LogP contribution in [0.15, 0.2) is 31.1 Å². The lowest BCUT2D eigenvalue weighted by Gasteiger charge is -2.25. The highest BCUT2D eigenvalue weighted by Crippen LogP contribution is 2.40. The van der Waals surface area contributed by atoms with Gasteiger partial charge in [0.25, 0.3) is 0 Å². The second-order valence-electron chi connectivity index (χ2n) is 4.88. The fraction of sp³-hybridized carbons (Fsp3) is 0.385. The van der Waals surface area contributed by atoms with Crippen LogP contribution in [0.5, 0.6) is 0 Å². The highest BCUT2D eigenvalue weighted by molar-refractivity contribution is 5.65. The number of nitrogens with two attached hydrogens (primary N) is 1. The van der Waals surface area contributed by atoms with Crippen LogP contribution >= 0.6 is 0 Å². The molecular formula is C13H16N4O3. The van der Waals surface area contributed by atoms with Crippen LogP contribution in [0.3, 0.4) is 0 Å². The summed E-state index contributed by atoms with van der Waals surface area (Å²) in [5.74, 6) is 0.377. The monoisotopic (exact) mass is 276 g/mol. The number of nitrogen functional groups attached to an aromatic ring is 1. The van der Waals surface area contributed by atoms with Gasteiger partial charge in [-0.05, 0) is 12.1 Å². The molecule has 1 aliphatic heterocycles. The fourth-order valence-corrected chi connectivity index (χ4v) is 2.58. The Morgan fingerprint density at radius 2 is 2.40 bits per heavy atom. The average molecular weight is 276 g/mol. The van der Waals surface area contributed by atoms with E-state index in [1.807, 2.05) is 6.07 Å². The van der Waals surface area contributed by atoms with Crippen molar-refractivity contribution in [3.63, 3.8) is 0 Å². The molecule has 0 saturated carbocycles. The molecule has 3 atom stereocenters. The minimum absolute atomic E-state index is 0.325. The number of hydrogen-bond donors (Lipinski definition) is 3. The topological polar surface area (TPSA) is 106 Å². The van der Waals surface area contributed by atoms with Gasteiger partial charge in [0.2, 0.25) is 0 Å². The van der Waals surface area contributed by atoms with Crippen LogP contribution in [0.4, 0.5) is 5.82 Å². The van der Waals surface area contributed by atoms with Crippen LogP contribution in [-0.4, -0.2) is 43.1 Å². The molecule has 0 aliphatic carbocycles. The molecule has 2 aromatic heterocycles. The number of aromatic nitrogens is 3. The number of rotatable bonds is 3. The second-order valence-corrected chi connectivity index (χ2v) is 4.88. The number of anilines is 1. The predicted octanol–water partition coefficient (Wildman–Crippen LogP) is 0.0509. The maximum Gasteiger partial charge on any atom is 0.151 e. The Hall–Kier alpha value is -1.96. The van der Waals surface area contributed by atoms with E-state index in [0.717, 1.165) is 5.69 Å². The molecule has 0 radical (unpaired) electrons. The van der Waals surface area contributed by atoms with Crippen molar-refractivity contribution in [3.05, 3.63) is 36.8 Å². The summed E-state index contributed by atoms with van der Waals surface area (Å²) in [7, 11) is 0. The molecule has 7 nitrogen and oxygen atoms in total. The smallest absolute Gasteiger partial charge is 0.151 e. The maximum atomic E-state index is 10.1. The molecule has 3 rings (SSSR count). The molecule has 1 fully saturated rings. The zero-order valence-electron chi connectivity index (χ0n) is 10.8. The Bertz CT molecular complexity index is 656. The average Bonchev–Trinajstić information content (AvgIpc) is 3.01. The first-order chi connectivity index (χ1) is 9.61. The van der Waals surface area contributed by atoms with Gasteiger partial charge in [-0.2, -0.15) is 5.10 Å². The number of nitrogens with zero attached hydrogens (tertiary/aromatic N) is 3. The first-order valence-corrected chi connectivity index (χ1v) is 6.30. The second kappa shape index (κ2) is 4.55. The van der Waals surface area contributed by atoms with Crippen LogP contribution in [0, 0.1) is 0 Å². The number of aliphatic hydroxyl groups excluding tert-OH is 2. The lowest BCUT2D eigenvalue weighted by Crippen LogP contribution is -2.40. The van der Waals surface area contributed by atoms with Gasteiger partial charge >= 0.3 is 0 Å². The van der Waals surface area contributed by atoms with Gasteiger partial charge in [-0.3, -0.25) is 0 Å². The summed E-state index contributed by atoms with van der Waals surface area (Å²) in [5.41, 5.74) is 6.09. The summed E-state index contributed by atoms with van der Waals surface area (Å²) in [4.78, 5) is 3.92. The first-order valence-electron chi connectivity index (χ1n) is 6.30. The number of aliphatic hydroxyl groups is 2. The summed E-state index contributed by atoms with van der Waals surface area (Å²) in [6.45, 7) is 3.31. The molecule has 0 spiro atoms. The van der Waals surface area contributed by atoms with Crippen LogP contribution in [0.25, 0.3) is 5.52 Å². The van der Waals surface area contributed by atoms with Crippen molar-refractivity contribution in [1.82, 2.24) is 14.6 Å². The van der Waals surface area contributed by atoms with Crippen molar-refractivity contribution >= 4 is 11.3 Å². The third-order valence-corrected chi connectivity index (χ3v) is 3.80. The minimum atomic E-state index is -1.13. The Labute approximate surface area is 115 Å². The maximum absolute atomic E-state index is 10.1. The van der Waals surface area contributed by atoms with E-state index >= 15 is 0 Å². The molecule has 106 valence electrons. The zero-order chi connectivity index (χ0) is 14.3. The summed E-state index contributed by atoms with van der Waals surface area (Å²) in [6, 6.07) is 3.63. The standard InChI is InChI=1S/C13H16N4O3/c1-2-13(6-18)11(19)5-10(20-13)8-3-4-9-12(14)15-7-16-17(8)9/h2-4,7,10-11,18-19H,1,5-6H2,(H2,14,15,16)/t10-,11+,13-/m1/s1. The zero-order valence-corrected chi connectivity index (χ0v) is 10.8. The quantitative estimate of drug-likeness (QED) is 0.684. The highest BCUT2D eigenvalue weighted by Gasteiger charge is 2.46. The summed E-state index contributed by atoms with van der Waals surface area (Å²) in [5, 5.41) is 23.7. The first kappa shape index (κ1) is 13.0. The van der Waals surface area contributed by atoms with Gasteiger partial charge in [-0.25, -0.2) is 9.50 Å². The van der Waals surface area contributed by atoms with E-state index in [0.29, 0.717) is 17.8 Å². The largest absolute Gasteiger partial charge is 0.393 e. The predicted molar refractivity (Wildman–Crippen MR) is 71.9 cm³/mol. The molecule has 0 amide bonds. The van der Waals surface area contributed by atoms with Gasteiger partial charge in [0, 0.05) is 6.42 Å². The molecule has 0 unspecified atom stereocenters. The lowest BCUT2D eigenvalue weighted by atomic mass is 9.97. The molecular weight excluding hydrogens is 260 g/mol. The van der Waals surface area contributed by atoms with Gasteiger partial charge in [0.05, 0.1) is 18.4 Å². The van der Waals surface area contributed by atoms with Crippen molar-refractivity contribution in [2.75, 3.05) is 12.3 Å². The highest BCUT2D eigenvalue weighted by atomic mass is 16.5. The van der Waals surface area contributed by atoms with E-state index in [9.17, 15) is 10.2 Å². The van der Waals surface area contributed by atoms with Crippen molar-refractivity contribution in [2.24, 2.45) is 0 Å². The van der Waals surface area contributed by atoms with E-state index in [4.69, 9.17) is 10.5 Å². The minimum Gasteiger partial charge on any atom is -0.393 e. The number of ether oxygens (including phenoxy) is 1. The molecule has 1 aliphatic rings. The molecule has 4 N–H and O–H groups in total. The van der Waals surface area contributed by atoms with Gasteiger partial charge in [0.15, 0.2) is 5.82 Å². The van der Waals surface area contributed by atoms with Crippen LogP contribution in [-0.2, 0) is 4.74 Å². The molecule has 2 aromatic rings. The molecule has 0 bridgehead atoms. The Morgan fingerprint density at radius 3 is 3.05 bits per heavy atom. The normalized spacial score (nSPS) is 29.9. The fourth-order valence-electron chi connectivity index (χ4n) is 2.58. The molecule has 3 heterocycles. The Balaban J connectivity index is 2.01. The molecule has 1 saturated heterocycles. The van der Waals surface area contributed by atoms with Gasteiger partial charge < -0.3 is 20.7 Å². The Morgan fingerprint density at radius 1 is 1.60 bits per heavy atom. The van der Waals surface area contributed by atoms with Crippen molar-refractivity contribution in [1.29, 1.82) is 0 Å². The molecule has 0 aromatic carbocycles. The van der Waals surface area contributed by atoms with E-state index in [1.165, 1.54) is 12.4 Å². The third kappa shape index (κ3) is 1.71. The lowest BCUT2D eigenvalue weighted by molar-refractivity contribution is -0.0798. The molecule has 7 heteroatoms. The van der Waals surface area contributed by atoms with Crippen molar-refractivity contribution < 1.29 is 14.9 Å². The Kier molecular flexibility index (Phi) is 2.97. The van der Waals surface area contributed by atoms with Crippen LogP contribution in [0.2, 0.25) is 0 Å². The summed E-state index contributed by atoms with van der Waals surface area (Å²) < 4.78 is 7.45. The third-order valence-electron chi connectivity index (χ3n) is 3.80. The van der Waals surface area contributed by atoms with Gasteiger partial charge in [0.1, 0.15) is 23.5 Å². The van der Waals surface area contributed by atoms with Gasteiger partial charge in [-0.15, -0.1) is 6.58 Å². The summed E-state index contributed by atoms with van der Waals surface area (Å²) >= 11 is 0. The number of fused-ring (bicyclic) bond motifs is 1. The summed E-state index contributed by atoms with van der Waals surface area (Å²) in [6.07, 6.45) is 1.94. The van der Waals surface area contributed by atoms with E-state index in [-0.39, 0.29) is 6.61 Å². The molecule has 20 heavy (non-hydrogen) atoms. The SMILES string of the molecule is C=C[C@]1(CO)O[C@@H](c2ccc3c(N)ncnn23)C[C@@H]1O. The van der Waals surface area contributed by atoms with Crippen molar-refractivity contribution in [3.8, 4) is 0 Å². The van der Waals surface area contributed by atoms with Crippen LogP contribution < -0.4 is 5.73 Å². The van der Waals surface area contributed by atoms with Crippen LogP contribution in [0.1, 0.15) is 18.2 Å². The van der Waals surface area contributed by atoms with Crippen molar-refractivity contribution in [2.45, 2.75) is 24.2 Å². The van der Waals surface area contributed by atoms with Gasteiger partial charge in [-0.1, -0.05) is 6.08 Å². The van der Waals surface area contributed by atoms with E-state index < -0.39 is 17.8 Å². The van der Waals surface area contributed by atoms with E-state index in [2.05, 4.69) is 16.7 Å². The van der Waals surface area contributed by atoms with E-state index in [1.54, 1.807) is 10.6 Å².